The standard InChI is InChI=1S/C11H9BrN2O/c1-8-6-9(12)2-3-10(8)11(15)14-5-4-13-7-14/h2-7H,1H3. The molecule has 0 aliphatic heterocycles. The smallest absolute Gasteiger partial charge is 0.263 e. The van der Waals surface area contributed by atoms with E-state index in [-0.39, 0.29) is 5.91 Å². The molecule has 0 aliphatic carbocycles. The summed E-state index contributed by atoms with van der Waals surface area (Å²) in [4.78, 5) is 15.8. The predicted octanol–water partition coefficient (Wildman–Crippen LogP) is 2.64. The summed E-state index contributed by atoms with van der Waals surface area (Å²) in [6.07, 6.45) is 4.74. The molecule has 0 atom stereocenters. The van der Waals surface area contributed by atoms with Crippen molar-refractivity contribution < 1.29 is 4.79 Å². The maximum absolute atomic E-state index is 11.9. The van der Waals surface area contributed by atoms with Crippen LogP contribution in [0.15, 0.2) is 41.4 Å². The van der Waals surface area contributed by atoms with Crippen LogP contribution in [0.4, 0.5) is 0 Å². The summed E-state index contributed by atoms with van der Waals surface area (Å²) in [6, 6.07) is 5.59. The fourth-order valence-corrected chi connectivity index (χ4v) is 1.86. The van der Waals surface area contributed by atoms with Gasteiger partial charge in [-0.25, -0.2) is 4.98 Å². The van der Waals surface area contributed by atoms with Crippen LogP contribution in [-0.4, -0.2) is 15.5 Å². The topological polar surface area (TPSA) is 34.9 Å². The van der Waals surface area contributed by atoms with E-state index in [0.29, 0.717) is 5.56 Å². The van der Waals surface area contributed by atoms with E-state index in [4.69, 9.17) is 0 Å². The minimum absolute atomic E-state index is 0.0579. The summed E-state index contributed by atoms with van der Waals surface area (Å²) in [7, 11) is 0. The highest BCUT2D eigenvalue weighted by Gasteiger charge is 2.10. The highest BCUT2D eigenvalue weighted by Crippen LogP contribution is 2.16. The quantitative estimate of drug-likeness (QED) is 0.794. The van der Waals surface area contributed by atoms with Gasteiger partial charge in [-0.1, -0.05) is 15.9 Å². The minimum Gasteiger partial charge on any atom is -0.272 e. The molecule has 76 valence electrons. The first-order chi connectivity index (χ1) is 7.18. The number of halogens is 1. The van der Waals surface area contributed by atoms with Crippen LogP contribution < -0.4 is 0 Å². The number of benzene rings is 1. The summed E-state index contributed by atoms with van der Waals surface area (Å²) in [5, 5.41) is 0. The number of nitrogens with zero attached hydrogens (tertiary/aromatic N) is 2. The van der Waals surface area contributed by atoms with Crippen LogP contribution in [0.3, 0.4) is 0 Å². The highest BCUT2D eigenvalue weighted by molar-refractivity contribution is 9.10. The van der Waals surface area contributed by atoms with Crippen LogP contribution in [0, 0.1) is 6.92 Å². The zero-order valence-corrected chi connectivity index (χ0v) is 9.73. The first-order valence-corrected chi connectivity index (χ1v) is 5.26. The molecule has 0 saturated carbocycles. The number of rotatable bonds is 1. The number of hydrogen-bond donors (Lipinski definition) is 0. The molecule has 0 unspecified atom stereocenters. The number of aromatic nitrogens is 2. The zero-order chi connectivity index (χ0) is 10.8. The normalized spacial score (nSPS) is 10.3. The Kier molecular flexibility index (Phi) is 2.68. The molecule has 15 heavy (non-hydrogen) atoms. The minimum atomic E-state index is -0.0579. The first-order valence-electron chi connectivity index (χ1n) is 4.47. The Morgan fingerprint density at radius 2 is 2.27 bits per heavy atom. The zero-order valence-electron chi connectivity index (χ0n) is 8.14. The number of carbonyl (C=O) groups is 1. The lowest BCUT2D eigenvalue weighted by Crippen LogP contribution is -2.11. The van der Waals surface area contributed by atoms with Gasteiger partial charge >= 0.3 is 0 Å². The van der Waals surface area contributed by atoms with E-state index in [1.807, 2.05) is 25.1 Å². The van der Waals surface area contributed by atoms with Gasteiger partial charge in [-0.15, -0.1) is 0 Å². The van der Waals surface area contributed by atoms with Crippen molar-refractivity contribution in [3.63, 3.8) is 0 Å². The molecule has 0 spiro atoms. The van der Waals surface area contributed by atoms with Crippen LogP contribution in [0.2, 0.25) is 0 Å². The molecular formula is C11H9BrN2O. The Hall–Kier alpha value is -1.42. The van der Waals surface area contributed by atoms with Crippen LogP contribution in [0.1, 0.15) is 15.9 Å². The van der Waals surface area contributed by atoms with E-state index >= 15 is 0 Å². The second-order valence-electron chi connectivity index (χ2n) is 3.23. The third-order valence-electron chi connectivity index (χ3n) is 2.16. The molecule has 1 heterocycles. The molecule has 0 saturated heterocycles. The molecule has 1 aromatic heterocycles. The van der Waals surface area contributed by atoms with Crippen LogP contribution in [-0.2, 0) is 0 Å². The van der Waals surface area contributed by atoms with Gasteiger partial charge in [0.15, 0.2) is 0 Å². The number of hydrogen-bond acceptors (Lipinski definition) is 2. The number of carbonyl (C=O) groups excluding carboxylic acids is 1. The Balaban J connectivity index is 2.42. The van der Waals surface area contributed by atoms with Gasteiger partial charge in [0, 0.05) is 22.4 Å². The van der Waals surface area contributed by atoms with Gasteiger partial charge < -0.3 is 0 Å². The van der Waals surface area contributed by atoms with Gasteiger partial charge in [-0.05, 0) is 30.7 Å². The summed E-state index contributed by atoms with van der Waals surface area (Å²) < 4.78 is 2.44. The Morgan fingerprint density at radius 1 is 1.47 bits per heavy atom. The van der Waals surface area contributed by atoms with Crippen molar-refractivity contribution in [2.24, 2.45) is 0 Å². The summed E-state index contributed by atoms with van der Waals surface area (Å²) in [6.45, 7) is 1.91. The maximum Gasteiger partial charge on any atom is 0.263 e. The van der Waals surface area contributed by atoms with Crippen molar-refractivity contribution in [3.05, 3.63) is 52.5 Å². The van der Waals surface area contributed by atoms with Crippen molar-refractivity contribution in [3.8, 4) is 0 Å². The van der Waals surface area contributed by atoms with Gasteiger partial charge in [0.2, 0.25) is 0 Å². The molecule has 4 heteroatoms. The predicted molar refractivity (Wildman–Crippen MR) is 60.8 cm³/mol. The van der Waals surface area contributed by atoms with Crippen molar-refractivity contribution in [2.75, 3.05) is 0 Å². The first kappa shape index (κ1) is 10.1. The van der Waals surface area contributed by atoms with Crippen LogP contribution in [0.25, 0.3) is 0 Å². The average Bonchev–Trinajstić information content (AvgIpc) is 2.69. The van der Waals surface area contributed by atoms with Crippen LogP contribution >= 0.6 is 15.9 Å². The lowest BCUT2D eigenvalue weighted by atomic mass is 10.1. The van der Waals surface area contributed by atoms with E-state index in [9.17, 15) is 4.79 Å². The SMILES string of the molecule is Cc1cc(Br)ccc1C(=O)n1ccnc1. The van der Waals surface area contributed by atoms with Crippen molar-refractivity contribution in [1.29, 1.82) is 0 Å². The molecule has 0 amide bonds. The molecule has 0 fully saturated rings. The van der Waals surface area contributed by atoms with Gasteiger partial charge in [-0.2, -0.15) is 0 Å². The van der Waals surface area contributed by atoms with E-state index in [1.54, 1.807) is 12.4 Å². The molecule has 1 aromatic carbocycles. The summed E-state index contributed by atoms with van der Waals surface area (Å²) >= 11 is 3.36. The van der Waals surface area contributed by atoms with Gasteiger partial charge in [0.25, 0.3) is 5.91 Å². The summed E-state index contributed by atoms with van der Waals surface area (Å²) in [5.41, 5.74) is 1.64. The molecule has 2 aromatic rings. The molecule has 0 aliphatic rings. The lowest BCUT2D eigenvalue weighted by Gasteiger charge is -2.05. The van der Waals surface area contributed by atoms with Crippen molar-refractivity contribution in [1.82, 2.24) is 9.55 Å². The number of imidazole rings is 1. The Morgan fingerprint density at radius 3 is 2.87 bits per heavy atom. The van der Waals surface area contributed by atoms with Crippen molar-refractivity contribution in [2.45, 2.75) is 6.92 Å². The average molecular weight is 265 g/mol. The van der Waals surface area contributed by atoms with E-state index in [2.05, 4.69) is 20.9 Å². The largest absolute Gasteiger partial charge is 0.272 e. The molecule has 0 bridgehead atoms. The lowest BCUT2D eigenvalue weighted by molar-refractivity contribution is 0.0959. The van der Waals surface area contributed by atoms with E-state index in [0.717, 1.165) is 10.0 Å². The monoisotopic (exact) mass is 264 g/mol. The third-order valence-corrected chi connectivity index (χ3v) is 2.65. The fourth-order valence-electron chi connectivity index (χ4n) is 1.39. The second-order valence-corrected chi connectivity index (χ2v) is 4.15. The van der Waals surface area contributed by atoms with Gasteiger partial charge in [0.05, 0.1) is 0 Å². The van der Waals surface area contributed by atoms with Gasteiger partial charge in [0.1, 0.15) is 6.33 Å². The second kappa shape index (κ2) is 3.98. The van der Waals surface area contributed by atoms with Crippen LogP contribution in [0.5, 0.6) is 0 Å². The third kappa shape index (κ3) is 1.99. The molecular weight excluding hydrogens is 256 g/mol. The van der Waals surface area contributed by atoms with Gasteiger partial charge in [-0.3, -0.25) is 9.36 Å². The number of aryl methyl sites for hydroxylation is 1. The maximum atomic E-state index is 11.9. The Labute approximate surface area is 95.9 Å². The highest BCUT2D eigenvalue weighted by atomic mass is 79.9. The summed E-state index contributed by atoms with van der Waals surface area (Å²) in [5.74, 6) is -0.0579. The molecule has 0 N–H and O–H groups in total. The fraction of sp³-hybridized carbons (Fsp3) is 0.0909. The molecule has 3 nitrogen and oxygen atoms in total. The van der Waals surface area contributed by atoms with Crippen molar-refractivity contribution >= 4 is 21.8 Å². The molecule has 2 rings (SSSR count). The van der Waals surface area contributed by atoms with E-state index < -0.39 is 0 Å². The van der Waals surface area contributed by atoms with E-state index in [1.165, 1.54) is 10.9 Å². The Bertz CT molecular complexity index is 491. The molecule has 0 radical (unpaired) electrons.